The average Bonchev–Trinajstić information content (AvgIpc) is 3.19. The van der Waals surface area contributed by atoms with Gasteiger partial charge in [0.2, 0.25) is 11.8 Å². The van der Waals surface area contributed by atoms with Crippen molar-refractivity contribution in [1.82, 2.24) is 20.1 Å². The van der Waals surface area contributed by atoms with Crippen molar-refractivity contribution in [2.75, 3.05) is 13.1 Å². The average molecular weight is 543 g/mol. The molecule has 4 heterocycles. The molecule has 3 atom stereocenters. The highest BCUT2D eigenvalue weighted by Gasteiger charge is 2.41. The molecule has 8 nitrogen and oxygen atoms in total. The van der Waals surface area contributed by atoms with E-state index >= 15 is 0 Å². The summed E-state index contributed by atoms with van der Waals surface area (Å²) in [6, 6.07) is 7.51. The molecule has 4 aliphatic rings. The van der Waals surface area contributed by atoms with Crippen LogP contribution in [-0.2, 0) is 22.3 Å². The number of amides is 3. The van der Waals surface area contributed by atoms with Crippen LogP contribution in [0.4, 0.5) is 13.2 Å². The van der Waals surface area contributed by atoms with Crippen LogP contribution in [0.5, 0.6) is 5.75 Å². The van der Waals surface area contributed by atoms with Gasteiger partial charge < -0.3 is 9.64 Å². The quantitative estimate of drug-likeness (QED) is 0.580. The molecule has 3 amide bonds. The number of aromatic nitrogens is 1. The maximum atomic E-state index is 13.0. The molecule has 3 fully saturated rings. The molecule has 39 heavy (non-hydrogen) atoms. The lowest BCUT2D eigenvalue weighted by molar-refractivity contribution is -0.138. The number of fused-ring (bicyclic) bond motifs is 1. The fourth-order valence-electron chi connectivity index (χ4n) is 6.22. The Labute approximate surface area is 223 Å². The third-order valence-corrected chi connectivity index (χ3v) is 8.36. The van der Waals surface area contributed by atoms with Crippen LogP contribution in [0.3, 0.4) is 0 Å². The summed E-state index contributed by atoms with van der Waals surface area (Å²) in [7, 11) is 0. The Morgan fingerprint density at radius 2 is 1.79 bits per heavy atom. The first kappa shape index (κ1) is 25.8. The number of carbonyl (C=O) groups is 3. The van der Waals surface area contributed by atoms with Gasteiger partial charge in [0.15, 0.2) is 0 Å². The standard InChI is InChI=1S/C28H29F3N4O4/c29-28(30,31)18-5-8-21(32-12-18)17-13-34(14-17)22-3-1-2-4-24(22)39-19-6-7-20-16(11-19)15-35(27(20)38)23-9-10-25(36)33-26(23)37/h5-8,11-12,17,22-24H,1-4,9-10,13-15H2,(H,33,36,37)/t22-,23+,24+/m0/s1. The summed E-state index contributed by atoms with van der Waals surface area (Å²) >= 11 is 0. The fourth-order valence-corrected chi connectivity index (χ4v) is 6.22. The zero-order chi connectivity index (χ0) is 27.3. The van der Waals surface area contributed by atoms with Crippen molar-refractivity contribution in [2.24, 2.45) is 0 Å². The van der Waals surface area contributed by atoms with Gasteiger partial charge in [-0.3, -0.25) is 29.6 Å². The van der Waals surface area contributed by atoms with Gasteiger partial charge in [-0.05, 0) is 61.6 Å². The van der Waals surface area contributed by atoms with E-state index in [2.05, 4.69) is 15.2 Å². The Balaban J connectivity index is 1.09. The van der Waals surface area contributed by atoms with Gasteiger partial charge in [0.1, 0.15) is 17.9 Å². The van der Waals surface area contributed by atoms with Crippen LogP contribution in [0, 0.1) is 0 Å². The zero-order valence-electron chi connectivity index (χ0n) is 21.2. The molecule has 1 aliphatic carbocycles. The summed E-state index contributed by atoms with van der Waals surface area (Å²) < 4.78 is 45.0. The van der Waals surface area contributed by atoms with Crippen LogP contribution in [0.2, 0.25) is 0 Å². The predicted octanol–water partition coefficient (Wildman–Crippen LogP) is 3.65. The van der Waals surface area contributed by atoms with Crippen molar-refractivity contribution in [3.05, 3.63) is 58.9 Å². The number of nitrogens with one attached hydrogen (secondary N) is 1. The summed E-state index contributed by atoms with van der Waals surface area (Å²) in [6.45, 7) is 1.74. The Morgan fingerprint density at radius 1 is 1.00 bits per heavy atom. The molecule has 3 aliphatic heterocycles. The van der Waals surface area contributed by atoms with E-state index in [9.17, 15) is 27.6 Å². The predicted molar refractivity (Wildman–Crippen MR) is 133 cm³/mol. The molecule has 0 radical (unpaired) electrons. The van der Waals surface area contributed by atoms with Gasteiger partial charge in [0.25, 0.3) is 5.91 Å². The molecular weight excluding hydrogens is 513 g/mol. The van der Waals surface area contributed by atoms with Crippen LogP contribution in [0.15, 0.2) is 36.5 Å². The number of hydrogen-bond acceptors (Lipinski definition) is 6. The van der Waals surface area contributed by atoms with E-state index in [0.717, 1.165) is 56.6 Å². The lowest BCUT2D eigenvalue weighted by Gasteiger charge is -2.48. The van der Waals surface area contributed by atoms with Crippen molar-refractivity contribution < 1.29 is 32.3 Å². The van der Waals surface area contributed by atoms with E-state index in [4.69, 9.17) is 4.74 Å². The van der Waals surface area contributed by atoms with Crippen molar-refractivity contribution in [3.63, 3.8) is 0 Å². The Bertz CT molecular complexity index is 1290. The molecule has 2 aromatic rings. The normalized spacial score (nSPS) is 26.3. The van der Waals surface area contributed by atoms with E-state index in [0.29, 0.717) is 30.0 Å². The molecule has 1 N–H and O–H groups in total. The number of rotatable bonds is 5. The minimum atomic E-state index is -4.39. The lowest BCUT2D eigenvalue weighted by atomic mass is 9.85. The number of halogens is 3. The van der Waals surface area contributed by atoms with Gasteiger partial charge in [-0.25, -0.2) is 0 Å². The second kappa shape index (κ2) is 9.93. The number of likely N-dealkylation sites (tertiary alicyclic amines) is 1. The number of carbonyl (C=O) groups excluding carboxylic acids is 3. The number of hydrogen-bond donors (Lipinski definition) is 1. The van der Waals surface area contributed by atoms with Crippen LogP contribution in [-0.4, -0.2) is 63.8 Å². The third kappa shape index (κ3) is 4.99. The number of imide groups is 1. The smallest absolute Gasteiger partial charge is 0.417 e. The number of pyridine rings is 1. The topological polar surface area (TPSA) is 91.8 Å². The highest BCUT2D eigenvalue weighted by Crippen LogP contribution is 2.37. The molecule has 6 rings (SSSR count). The summed E-state index contributed by atoms with van der Waals surface area (Å²) in [6.07, 6.45) is 1.00. The fraction of sp³-hybridized carbons (Fsp3) is 0.500. The van der Waals surface area contributed by atoms with E-state index < -0.39 is 23.7 Å². The Kier molecular flexibility index (Phi) is 6.57. The summed E-state index contributed by atoms with van der Waals surface area (Å²) in [4.78, 5) is 44.7. The lowest BCUT2D eigenvalue weighted by Crippen LogP contribution is -2.57. The number of benzene rings is 1. The maximum Gasteiger partial charge on any atom is 0.417 e. The Hall–Kier alpha value is -3.47. The third-order valence-electron chi connectivity index (χ3n) is 8.36. The van der Waals surface area contributed by atoms with Gasteiger partial charge in [-0.15, -0.1) is 0 Å². The molecule has 0 unspecified atom stereocenters. The second-order valence-electron chi connectivity index (χ2n) is 10.8. The van der Waals surface area contributed by atoms with E-state index in [-0.39, 0.29) is 36.3 Å². The minimum Gasteiger partial charge on any atom is -0.489 e. The maximum absolute atomic E-state index is 13.0. The number of ether oxygens (including phenoxy) is 1. The van der Waals surface area contributed by atoms with E-state index in [1.54, 1.807) is 12.1 Å². The number of piperidine rings is 1. The van der Waals surface area contributed by atoms with Gasteiger partial charge in [-0.2, -0.15) is 13.2 Å². The number of alkyl halides is 3. The van der Waals surface area contributed by atoms with E-state index in [1.807, 2.05) is 6.07 Å². The van der Waals surface area contributed by atoms with E-state index in [1.165, 1.54) is 11.0 Å². The van der Waals surface area contributed by atoms with Gasteiger partial charge in [0, 0.05) is 55.5 Å². The second-order valence-corrected chi connectivity index (χ2v) is 10.8. The molecule has 206 valence electrons. The summed E-state index contributed by atoms with van der Waals surface area (Å²) in [5.74, 6) is -0.204. The minimum absolute atomic E-state index is 0.0401. The highest BCUT2D eigenvalue weighted by molar-refractivity contribution is 6.05. The van der Waals surface area contributed by atoms with Crippen LogP contribution >= 0.6 is 0 Å². The molecule has 11 heteroatoms. The molecule has 1 saturated carbocycles. The highest BCUT2D eigenvalue weighted by atomic mass is 19.4. The summed E-state index contributed by atoms with van der Waals surface area (Å²) in [5.41, 5.74) is 1.28. The zero-order valence-corrected chi connectivity index (χ0v) is 21.2. The molecule has 2 saturated heterocycles. The monoisotopic (exact) mass is 542 g/mol. The van der Waals surface area contributed by atoms with Gasteiger partial charge in [-0.1, -0.05) is 6.42 Å². The molecule has 0 bridgehead atoms. The summed E-state index contributed by atoms with van der Waals surface area (Å²) in [5, 5.41) is 2.32. The van der Waals surface area contributed by atoms with Gasteiger partial charge >= 0.3 is 6.18 Å². The van der Waals surface area contributed by atoms with Crippen LogP contribution in [0.1, 0.15) is 71.6 Å². The molecular formula is C28H29F3N4O4. The van der Waals surface area contributed by atoms with Crippen molar-refractivity contribution in [3.8, 4) is 5.75 Å². The van der Waals surface area contributed by atoms with Crippen LogP contribution in [0.25, 0.3) is 0 Å². The van der Waals surface area contributed by atoms with Crippen molar-refractivity contribution in [2.45, 2.75) is 75.4 Å². The first-order valence-corrected chi connectivity index (χ1v) is 13.4. The molecule has 0 spiro atoms. The largest absolute Gasteiger partial charge is 0.489 e. The Morgan fingerprint density at radius 3 is 2.51 bits per heavy atom. The first-order chi connectivity index (χ1) is 18.7. The van der Waals surface area contributed by atoms with Gasteiger partial charge in [0.05, 0.1) is 5.56 Å². The molecule has 1 aromatic carbocycles. The number of nitrogens with zero attached hydrogens (tertiary/aromatic N) is 3. The van der Waals surface area contributed by atoms with Crippen molar-refractivity contribution in [1.29, 1.82) is 0 Å². The SMILES string of the molecule is O=C1CC[C@@H](N2Cc3cc(O[C@@H]4CCCC[C@@H]4N4CC(c5ccc(C(F)(F)F)cn5)C4)ccc3C2=O)C(=O)N1. The first-order valence-electron chi connectivity index (χ1n) is 13.4. The molecule has 1 aromatic heterocycles. The van der Waals surface area contributed by atoms with Crippen LogP contribution < -0.4 is 10.1 Å². The van der Waals surface area contributed by atoms with Crippen molar-refractivity contribution >= 4 is 17.7 Å².